The van der Waals surface area contributed by atoms with Gasteiger partial charge in [-0.05, 0) is 25.5 Å². The van der Waals surface area contributed by atoms with E-state index in [-0.39, 0.29) is 29.2 Å². The van der Waals surface area contributed by atoms with Gasteiger partial charge in [-0.1, -0.05) is 17.2 Å². The molecule has 96 valence electrons. The smallest absolute Gasteiger partial charge is 0.142 e. The van der Waals surface area contributed by atoms with Crippen LogP contribution in [0, 0.1) is 0 Å². The molecule has 0 spiro atoms. The van der Waals surface area contributed by atoms with Gasteiger partial charge in [0, 0.05) is 6.04 Å². The van der Waals surface area contributed by atoms with E-state index >= 15 is 0 Å². The number of ether oxygens (including phenoxy) is 1. The maximum Gasteiger partial charge on any atom is 0.142 e. The first-order valence-electron chi connectivity index (χ1n) is 4.92. The number of phenols is 1. The molecule has 0 aliphatic rings. The highest BCUT2D eigenvalue weighted by Crippen LogP contribution is 2.39. The Morgan fingerprint density at radius 3 is 2.65 bits per heavy atom. The van der Waals surface area contributed by atoms with Crippen LogP contribution in [-0.4, -0.2) is 12.2 Å². The van der Waals surface area contributed by atoms with Crippen molar-refractivity contribution in [2.24, 2.45) is 5.73 Å². The first kappa shape index (κ1) is 16.1. The molecule has 0 amide bonds. The Morgan fingerprint density at radius 1 is 1.59 bits per heavy atom. The van der Waals surface area contributed by atoms with E-state index < -0.39 is 0 Å². The first-order chi connectivity index (χ1) is 7.47. The summed E-state index contributed by atoms with van der Waals surface area (Å²) in [5.74, 6) is 0.519. The van der Waals surface area contributed by atoms with Crippen molar-refractivity contribution in [2.75, 3.05) is 7.11 Å². The van der Waals surface area contributed by atoms with Crippen molar-refractivity contribution in [3.05, 3.63) is 34.9 Å². The van der Waals surface area contributed by atoms with E-state index in [1.165, 1.54) is 7.11 Å². The molecule has 1 aromatic rings. The fourth-order valence-electron chi connectivity index (χ4n) is 1.58. The molecule has 0 bridgehead atoms. The van der Waals surface area contributed by atoms with Gasteiger partial charge in [0.05, 0.1) is 17.7 Å². The molecule has 0 fully saturated rings. The number of nitrogens with two attached hydrogens (primary N) is 1. The second-order valence-corrected chi connectivity index (χ2v) is 4.19. The van der Waals surface area contributed by atoms with Crippen LogP contribution in [0.25, 0.3) is 0 Å². The van der Waals surface area contributed by atoms with Gasteiger partial charge in [0.25, 0.3) is 0 Å². The number of hydrogen-bond acceptors (Lipinski definition) is 3. The summed E-state index contributed by atoms with van der Waals surface area (Å²) in [4.78, 5) is 0. The zero-order valence-corrected chi connectivity index (χ0v) is 11.4. The summed E-state index contributed by atoms with van der Waals surface area (Å²) in [6.07, 6.45) is 0.574. The Hall–Kier alpha value is -0.900. The van der Waals surface area contributed by atoms with E-state index in [1.807, 2.05) is 6.92 Å². The molecule has 0 aliphatic carbocycles. The fourth-order valence-corrected chi connectivity index (χ4v) is 1.74. The maximum absolute atomic E-state index is 9.87. The third-order valence-corrected chi connectivity index (χ3v) is 2.59. The fraction of sp³-hybridized carbons (Fsp3) is 0.333. The Morgan fingerprint density at radius 2 is 2.18 bits per heavy atom. The highest BCUT2D eigenvalue weighted by molar-refractivity contribution is 6.32. The SMILES string of the molecule is C=C(C)C[C@@H](N)c1c(OC)ccc(Cl)c1O.Cl. The van der Waals surface area contributed by atoms with Crippen LogP contribution in [0.5, 0.6) is 11.5 Å². The third kappa shape index (κ3) is 3.80. The van der Waals surface area contributed by atoms with Crippen LogP contribution < -0.4 is 10.5 Å². The number of halogens is 2. The minimum Gasteiger partial charge on any atom is -0.506 e. The van der Waals surface area contributed by atoms with Crippen molar-refractivity contribution in [3.63, 3.8) is 0 Å². The third-order valence-electron chi connectivity index (χ3n) is 2.29. The van der Waals surface area contributed by atoms with Gasteiger partial charge in [-0.2, -0.15) is 0 Å². The lowest BCUT2D eigenvalue weighted by Gasteiger charge is -2.17. The molecule has 3 nitrogen and oxygen atoms in total. The monoisotopic (exact) mass is 277 g/mol. The van der Waals surface area contributed by atoms with Gasteiger partial charge in [-0.3, -0.25) is 0 Å². The van der Waals surface area contributed by atoms with Crippen LogP contribution in [0.1, 0.15) is 24.9 Å². The zero-order valence-electron chi connectivity index (χ0n) is 9.87. The van der Waals surface area contributed by atoms with Gasteiger partial charge in [0.2, 0.25) is 0 Å². The molecule has 0 saturated heterocycles. The van der Waals surface area contributed by atoms with Crippen LogP contribution in [0.15, 0.2) is 24.3 Å². The normalized spacial score (nSPS) is 11.5. The van der Waals surface area contributed by atoms with Gasteiger partial charge in [-0.25, -0.2) is 0 Å². The summed E-state index contributed by atoms with van der Waals surface area (Å²) in [5.41, 5.74) is 7.45. The Kier molecular flexibility index (Phi) is 6.39. The van der Waals surface area contributed by atoms with E-state index in [9.17, 15) is 5.11 Å². The second-order valence-electron chi connectivity index (χ2n) is 3.78. The average Bonchev–Trinajstić information content (AvgIpc) is 2.20. The number of rotatable bonds is 4. The van der Waals surface area contributed by atoms with Gasteiger partial charge in [0.15, 0.2) is 0 Å². The van der Waals surface area contributed by atoms with Gasteiger partial charge < -0.3 is 15.6 Å². The lowest BCUT2D eigenvalue weighted by molar-refractivity contribution is 0.393. The summed E-state index contributed by atoms with van der Waals surface area (Å²) >= 11 is 5.84. The predicted molar refractivity (Wildman–Crippen MR) is 73.3 cm³/mol. The van der Waals surface area contributed by atoms with Crippen molar-refractivity contribution in [1.82, 2.24) is 0 Å². The van der Waals surface area contributed by atoms with Gasteiger partial charge in [-0.15, -0.1) is 19.0 Å². The Labute approximate surface area is 113 Å². The largest absolute Gasteiger partial charge is 0.506 e. The summed E-state index contributed by atoms with van der Waals surface area (Å²) in [7, 11) is 1.53. The average molecular weight is 278 g/mol. The number of benzene rings is 1. The van der Waals surface area contributed by atoms with E-state index in [0.717, 1.165) is 5.57 Å². The van der Waals surface area contributed by atoms with Crippen LogP contribution in [0.2, 0.25) is 5.02 Å². The quantitative estimate of drug-likeness (QED) is 0.829. The highest BCUT2D eigenvalue weighted by Gasteiger charge is 2.18. The van der Waals surface area contributed by atoms with Crippen molar-refractivity contribution in [3.8, 4) is 11.5 Å². The van der Waals surface area contributed by atoms with E-state index in [4.69, 9.17) is 22.1 Å². The molecule has 17 heavy (non-hydrogen) atoms. The van der Waals surface area contributed by atoms with Crippen LogP contribution in [0.3, 0.4) is 0 Å². The molecule has 3 N–H and O–H groups in total. The molecule has 1 aromatic carbocycles. The molecule has 1 rings (SSSR count). The van der Waals surface area contributed by atoms with Crippen LogP contribution in [0.4, 0.5) is 0 Å². The Bertz CT molecular complexity index is 408. The van der Waals surface area contributed by atoms with Gasteiger partial charge in [0.1, 0.15) is 11.5 Å². The zero-order chi connectivity index (χ0) is 12.3. The summed E-state index contributed by atoms with van der Waals surface area (Å²) in [6, 6.07) is 2.90. The topological polar surface area (TPSA) is 55.5 Å². The molecule has 0 radical (unpaired) electrons. The molecule has 0 saturated carbocycles. The lowest BCUT2D eigenvalue weighted by atomic mass is 9.99. The maximum atomic E-state index is 9.87. The van der Waals surface area contributed by atoms with E-state index in [0.29, 0.717) is 17.7 Å². The molecule has 0 unspecified atom stereocenters. The first-order valence-corrected chi connectivity index (χ1v) is 5.30. The standard InChI is InChI=1S/C12H16ClNO2.ClH/c1-7(2)6-9(14)11-10(16-3)5-4-8(13)12(11)15;/h4-5,9,15H,1,6,14H2,2-3H3;1H/t9-;/m1./s1. The minimum atomic E-state index is -0.369. The Balaban J connectivity index is 0.00000256. The van der Waals surface area contributed by atoms with Crippen molar-refractivity contribution < 1.29 is 9.84 Å². The summed E-state index contributed by atoms with van der Waals surface area (Å²) in [5, 5.41) is 10.1. The molecule has 0 aromatic heterocycles. The molecule has 0 heterocycles. The number of methoxy groups -OCH3 is 1. The van der Waals surface area contributed by atoms with Crippen molar-refractivity contribution in [1.29, 1.82) is 0 Å². The molecule has 1 atom stereocenters. The molecular formula is C12H17Cl2NO2. The molecule has 0 aliphatic heterocycles. The lowest BCUT2D eigenvalue weighted by Crippen LogP contribution is -2.12. The second kappa shape index (κ2) is 6.74. The van der Waals surface area contributed by atoms with Crippen molar-refractivity contribution >= 4 is 24.0 Å². The number of aromatic hydroxyl groups is 1. The van der Waals surface area contributed by atoms with Crippen LogP contribution >= 0.6 is 24.0 Å². The predicted octanol–water partition coefficient (Wildman–Crippen LogP) is 3.44. The van der Waals surface area contributed by atoms with Gasteiger partial charge >= 0.3 is 0 Å². The summed E-state index contributed by atoms with van der Waals surface area (Å²) < 4.78 is 5.16. The summed E-state index contributed by atoms with van der Waals surface area (Å²) in [6.45, 7) is 5.68. The molecular weight excluding hydrogens is 261 g/mol. The highest BCUT2D eigenvalue weighted by atomic mass is 35.5. The van der Waals surface area contributed by atoms with E-state index in [2.05, 4.69) is 6.58 Å². The molecule has 5 heteroatoms. The minimum absolute atomic E-state index is 0. The number of hydrogen-bond donors (Lipinski definition) is 2. The van der Waals surface area contributed by atoms with Crippen molar-refractivity contribution in [2.45, 2.75) is 19.4 Å². The van der Waals surface area contributed by atoms with Crippen LogP contribution in [-0.2, 0) is 0 Å². The number of phenolic OH excluding ortho intramolecular Hbond substituents is 1. The van der Waals surface area contributed by atoms with E-state index in [1.54, 1.807) is 12.1 Å².